The van der Waals surface area contributed by atoms with Crippen LogP contribution in [0.4, 0.5) is 4.39 Å². The first-order chi connectivity index (χ1) is 14.0. The minimum Gasteiger partial charge on any atom is -0.497 e. The van der Waals surface area contributed by atoms with Gasteiger partial charge >= 0.3 is 0 Å². The molecule has 0 atom stereocenters. The second-order valence-electron chi connectivity index (χ2n) is 6.27. The van der Waals surface area contributed by atoms with Crippen molar-refractivity contribution in [2.45, 2.75) is 13.1 Å². The highest BCUT2D eigenvalue weighted by atomic mass is 19.1. The van der Waals surface area contributed by atoms with Crippen molar-refractivity contribution >= 4 is 11.8 Å². The predicted molar refractivity (Wildman–Crippen MR) is 106 cm³/mol. The first-order valence-corrected chi connectivity index (χ1v) is 8.95. The van der Waals surface area contributed by atoms with Crippen LogP contribution in [0.2, 0.25) is 0 Å². The summed E-state index contributed by atoms with van der Waals surface area (Å²) in [6.45, 7) is 0.575. The Kier molecular flexibility index (Phi) is 6.52. The summed E-state index contributed by atoms with van der Waals surface area (Å²) in [5.41, 5.74) is 2.14. The maximum absolute atomic E-state index is 12.9. The summed E-state index contributed by atoms with van der Waals surface area (Å²) in [6.07, 6.45) is 1.41. The molecule has 0 spiro atoms. The van der Waals surface area contributed by atoms with Crippen molar-refractivity contribution in [2.24, 2.45) is 0 Å². The number of ether oxygens (including phenoxy) is 1. The molecular formula is C22H20FN3O3. The molecule has 6 nitrogen and oxygen atoms in total. The van der Waals surface area contributed by atoms with Gasteiger partial charge in [0.2, 0.25) is 0 Å². The van der Waals surface area contributed by atoms with Crippen LogP contribution >= 0.6 is 0 Å². The fourth-order valence-corrected chi connectivity index (χ4v) is 2.60. The molecule has 3 aromatic rings. The second-order valence-corrected chi connectivity index (χ2v) is 6.27. The maximum Gasteiger partial charge on any atom is 0.270 e. The van der Waals surface area contributed by atoms with E-state index in [2.05, 4.69) is 15.6 Å². The molecule has 0 fully saturated rings. The summed E-state index contributed by atoms with van der Waals surface area (Å²) in [5.74, 6) is -0.324. The number of hydrogen-bond acceptors (Lipinski definition) is 4. The number of carbonyl (C=O) groups excluding carboxylic acids is 2. The van der Waals surface area contributed by atoms with Crippen LogP contribution in [0.1, 0.15) is 32.0 Å². The minimum atomic E-state index is -0.417. The van der Waals surface area contributed by atoms with Crippen LogP contribution in [0, 0.1) is 5.82 Å². The van der Waals surface area contributed by atoms with E-state index in [0.717, 1.165) is 16.9 Å². The van der Waals surface area contributed by atoms with E-state index >= 15 is 0 Å². The quantitative estimate of drug-likeness (QED) is 0.647. The van der Waals surface area contributed by atoms with E-state index in [1.807, 2.05) is 24.3 Å². The highest BCUT2D eigenvalue weighted by Crippen LogP contribution is 2.11. The summed E-state index contributed by atoms with van der Waals surface area (Å²) >= 11 is 0. The molecule has 0 radical (unpaired) electrons. The molecule has 0 saturated carbocycles. The Morgan fingerprint density at radius 2 is 1.48 bits per heavy atom. The van der Waals surface area contributed by atoms with E-state index in [1.165, 1.54) is 24.4 Å². The lowest BCUT2D eigenvalue weighted by Gasteiger charge is -2.08. The average molecular weight is 393 g/mol. The Balaban J connectivity index is 1.57. The van der Waals surface area contributed by atoms with E-state index in [0.29, 0.717) is 12.1 Å². The second kappa shape index (κ2) is 9.45. The Morgan fingerprint density at radius 1 is 0.897 bits per heavy atom. The van der Waals surface area contributed by atoms with Crippen LogP contribution < -0.4 is 15.4 Å². The Labute approximate surface area is 167 Å². The number of halogens is 1. The first kappa shape index (κ1) is 20.0. The highest BCUT2D eigenvalue weighted by Gasteiger charge is 2.12. The molecule has 3 rings (SSSR count). The molecule has 0 aliphatic rings. The third-order valence-electron chi connectivity index (χ3n) is 4.23. The summed E-state index contributed by atoms with van der Waals surface area (Å²) < 4.78 is 18.0. The van der Waals surface area contributed by atoms with Gasteiger partial charge in [-0.25, -0.2) is 4.39 Å². The molecular weight excluding hydrogens is 373 g/mol. The number of aromatic nitrogens is 1. The van der Waals surface area contributed by atoms with Crippen LogP contribution in [-0.2, 0) is 13.1 Å². The van der Waals surface area contributed by atoms with Crippen LogP contribution in [0.25, 0.3) is 0 Å². The van der Waals surface area contributed by atoms with Crippen molar-refractivity contribution in [1.82, 2.24) is 15.6 Å². The van der Waals surface area contributed by atoms with Crippen molar-refractivity contribution in [3.63, 3.8) is 0 Å². The van der Waals surface area contributed by atoms with Gasteiger partial charge in [0, 0.05) is 24.8 Å². The Morgan fingerprint density at radius 3 is 2.10 bits per heavy atom. The number of amides is 2. The number of pyridine rings is 1. The standard InChI is InChI=1S/C22H20FN3O3/c1-29-19-8-4-16(5-9-19)13-25-21(27)17-10-11-24-20(12-17)22(28)26-14-15-2-6-18(23)7-3-15/h2-12H,13-14H2,1H3,(H,25,27)(H,26,28). The number of carbonyl (C=O) groups is 2. The molecule has 1 aromatic heterocycles. The fourth-order valence-electron chi connectivity index (χ4n) is 2.60. The molecule has 0 bridgehead atoms. The number of nitrogens with zero attached hydrogens (tertiary/aromatic N) is 1. The van der Waals surface area contributed by atoms with Crippen molar-refractivity contribution < 1.29 is 18.7 Å². The first-order valence-electron chi connectivity index (χ1n) is 8.95. The van der Waals surface area contributed by atoms with Crippen molar-refractivity contribution in [3.8, 4) is 5.75 Å². The van der Waals surface area contributed by atoms with Crippen molar-refractivity contribution in [3.05, 3.63) is 95.1 Å². The highest BCUT2D eigenvalue weighted by molar-refractivity contribution is 5.98. The molecule has 29 heavy (non-hydrogen) atoms. The van der Waals surface area contributed by atoms with Gasteiger partial charge in [0.15, 0.2) is 0 Å². The zero-order valence-corrected chi connectivity index (χ0v) is 15.8. The van der Waals surface area contributed by atoms with Crippen LogP contribution in [0.5, 0.6) is 5.75 Å². The van der Waals surface area contributed by atoms with Gasteiger partial charge in [-0.3, -0.25) is 14.6 Å². The summed E-state index contributed by atoms with van der Waals surface area (Å²) in [7, 11) is 1.59. The van der Waals surface area contributed by atoms with E-state index in [9.17, 15) is 14.0 Å². The Bertz CT molecular complexity index is 989. The number of benzene rings is 2. The van der Waals surface area contributed by atoms with Gasteiger partial charge in [-0.15, -0.1) is 0 Å². The molecule has 7 heteroatoms. The molecule has 0 unspecified atom stereocenters. The zero-order valence-electron chi connectivity index (χ0n) is 15.8. The van der Waals surface area contributed by atoms with Crippen LogP contribution in [0.3, 0.4) is 0 Å². The number of methoxy groups -OCH3 is 1. The van der Waals surface area contributed by atoms with Gasteiger partial charge in [-0.05, 0) is 47.5 Å². The molecule has 2 amide bonds. The van der Waals surface area contributed by atoms with Crippen LogP contribution in [-0.4, -0.2) is 23.9 Å². The lowest BCUT2D eigenvalue weighted by Crippen LogP contribution is -2.26. The SMILES string of the molecule is COc1ccc(CNC(=O)c2ccnc(C(=O)NCc3ccc(F)cc3)c2)cc1. The lowest BCUT2D eigenvalue weighted by molar-refractivity contribution is 0.0946. The van der Waals surface area contributed by atoms with E-state index in [1.54, 1.807) is 25.3 Å². The maximum atomic E-state index is 12.9. The summed E-state index contributed by atoms with van der Waals surface area (Å²) in [6, 6.07) is 16.2. The molecule has 0 aliphatic carbocycles. The minimum absolute atomic E-state index is 0.129. The molecule has 2 N–H and O–H groups in total. The summed E-state index contributed by atoms with van der Waals surface area (Å²) in [4.78, 5) is 28.7. The lowest BCUT2D eigenvalue weighted by atomic mass is 10.1. The predicted octanol–water partition coefficient (Wildman–Crippen LogP) is 3.09. The van der Waals surface area contributed by atoms with Gasteiger partial charge in [0.25, 0.3) is 11.8 Å². The van der Waals surface area contributed by atoms with Gasteiger partial charge < -0.3 is 15.4 Å². The van der Waals surface area contributed by atoms with Crippen molar-refractivity contribution in [2.75, 3.05) is 7.11 Å². The molecule has 2 aromatic carbocycles. The van der Waals surface area contributed by atoms with Gasteiger partial charge in [0.1, 0.15) is 17.3 Å². The van der Waals surface area contributed by atoms with E-state index in [4.69, 9.17) is 4.74 Å². The fraction of sp³-hybridized carbons (Fsp3) is 0.136. The topological polar surface area (TPSA) is 80.3 Å². The largest absolute Gasteiger partial charge is 0.497 e. The third kappa shape index (κ3) is 5.62. The van der Waals surface area contributed by atoms with E-state index in [-0.39, 0.29) is 24.0 Å². The van der Waals surface area contributed by atoms with E-state index < -0.39 is 5.91 Å². The number of hydrogen-bond donors (Lipinski definition) is 2. The number of nitrogens with one attached hydrogen (secondary N) is 2. The zero-order chi connectivity index (χ0) is 20.6. The van der Waals surface area contributed by atoms with Gasteiger partial charge in [-0.1, -0.05) is 24.3 Å². The third-order valence-corrected chi connectivity index (χ3v) is 4.23. The molecule has 0 saturated heterocycles. The monoisotopic (exact) mass is 393 g/mol. The average Bonchev–Trinajstić information content (AvgIpc) is 2.77. The van der Waals surface area contributed by atoms with Crippen molar-refractivity contribution in [1.29, 1.82) is 0 Å². The number of rotatable bonds is 7. The normalized spacial score (nSPS) is 10.3. The molecule has 1 heterocycles. The molecule has 148 valence electrons. The van der Waals surface area contributed by atoms with Crippen LogP contribution in [0.15, 0.2) is 66.9 Å². The molecule has 0 aliphatic heterocycles. The van der Waals surface area contributed by atoms with Gasteiger partial charge in [0.05, 0.1) is 7.11 Å². The van der Waals surface area contributed by atoms with Gasteiger partial charge in [-0.2, -0.15) is 0 Å². The smallest absolute Gasteiger partial charge is 0.270 e. The Hall–Kier alpha value is -3.74. The summed E-state index contributed by atoms with van der Waals surface area (Å²) in [5, 5.41) is 5.51.